The minimum Gasteiger partial charge on any atom is -0.508 e. The lowest BCUT2D eigenvalue weighted by Crippen LogP contribution is -2.62. The standard InChI is InChI=1S/C82H119N23O19S/c1-44(2)30-57-74(117)93-46(5)69(112)95-54(20-11-13-27-83)71(114)96-56(22-15-29-89-82(86)87)72(115)98-58(31-45(3)4)75(118)97-55(21-12-14-28-84)73(116)105-65(70(113)91-39-66(85)108)41-125-42-67(109)94-59(33-48-23-25-51(107)26-24-48)76(119)102-62(35-50-38-88-43-92-50)79(122)100-60(32-47-16-7-6-8-17-47)77(120)103-63(36-68(110)111)80(123)104-64(40-106)81(124)101-61(78(121)99-57)34-49-37-90-53-19-10-9-18-52(49)53/h6-10,16-19,23-26,37-38,43-46,54-65,90,106-107H,11-15,20-22,27-36,39-42,83-84H2,1-5H3,(H2,85,108)(H,88,92)(H,91,113)(H,93,117)(H,94,109)(H,95,112)(H,96,114)(H,97,118)(H,98,115)(H,99,121)(H,100,122)(H,101,124)(H,102,119)(H,103,120)(H,104,123)(H,105,116)(H,110,111)(H4,86,87,89)/t46-,54-,55-,56-,57-,58-,59-,60-,61-,62-,63-,64-,65-/m0/s1. The molecular formula is C82H119N23O19S. The number of aliphatic carboxylic acids is 1. The van der Waals surface area contributed by atoms with Gasteiger partial charge in [0.2, 0.25) is 88.6 Å². The maximum atomic E-state index is 15.0. The third kappa shape index (κ3) is 35.2. The maximum Gasteiger partial charge on any atom is 0.305 e. The highest BCUT2D eigenvalue weighted by Gasteiger charge is 2.39. The van der Waals surface area contributed by atoms with Gasteiger partial charge in [-0.15, -0.1) is 11.8 Å². The fourth-order valence-corrected chi connectivity index (χ4v) is 14.2. The number of aliphatic hydroxyl groups is 1. The first-order valence-corrected chi connectivity index (χ1v) is 42.4. The Hall–Kier alpha value is -12.8. The molecule has 0 radical (unpaired) electrons. The molecule has 1 aliphatic heterocycles. The van der Waals surface area contributed by atoms with Crippen LogP contribution in [0.25, 0.3) is 10.9 Å². The summed E-state index contributed by atoms with van der Waals surface area (Å²) in [4.78, 5) is 240. The van der Waals surface area contributed by atoms with Gasteiger partial charge in [-0.1, -0.05) is 88.4 Å². The molecule has 42 nitrogen and oxygen atoms in total. The summed E-state index contributed by atoms with van der Waals surface area (Å²) in [6, 6.07) is -0.675. The normalized spacial score (nSPS) is 23.0. The van der Waals surface area contributed by atoms with Crippen LogP contribution in [0.15, 0.2) is 97.6 Å². The number of phenols is 1. The van der Waals surface area contributed by atoms with Crippen LogP contribution in [0, 0.1) is 17.2 Å². The maximum absolute atomic E-state index is 15.0. The van der Waals surface area contributed by atoms with Gasteiger partial charge in [0.1, 0.15) is 84.3 Å². The number of fused-ring (bicyclic) bond motifs is 1. The van der Waals surface area contributed by atoms with Gasteiger partial charge in [0.05, 0.1) is 37.3 Å². The number of nitrogens with one attached hydrogen (secondary N) is 18. The first-order valence-electron chi connectivity index (χ1n) is 41.3. The molecular weight excluding hydrogens is 1640 g/mol. The topological polar surface area (TPSA) is 687 Å². The van der Waals surface area contributed by atoms with E-state index in [1.165, 1.54) is 43.7 Å². The number of carbonyl (C=O) groups is 16. The van der Waals surface area contributed by atoms with Gasteiger partial charge in [-0.2, -0.15) is 0 Å². The van der Waals surface area contributed by atoms with Gasteiger partial charge in [-0.25, -0.2) is 4.98 Å². The summed E-state index contributed by atoms with van der Waals surface area (Å²) in [5.74, 6) is -19.1. The number of benzene rings is 3. The summed E-state index contributed by atoms with van der Waals surface area (Å²) in [7, 11) is 0. The number of nitrogens with zero attached hydrogens (tertiary/aromatic N) is 1. The molecule has 2 aromatic heterocycles. The predicted molar refractivity (Wildman–Crippen MR) is 460 cm³/mol. The fourth-order valence-electron chi connectivity index (χ4n) is 13.4. The number of aromatic amines is 2. The fraction of sp³-hybridized carbons (Fsp3) is 0.512. The Kier molecular flexibility index (Phi) is 42.0. The van der Waals surface area contributed by atoms with E-state index in [2.05, 4.69) is 94.7 Å². The Labute approximate surface area is 726 Å². The lowest BCUT2D eigenvalue weighted by molar-refractivity contribution is -0.142. The lowest BCUT2D eigenvalue weighted by atomic mass is 10.00. The number of carboxylic acids is 1. The molecule has 0 unspecified atom stereocenters. The zero-order chi connectivity index (χ0) is 91.8. The zero-order valence-electron chi connectivity index (χ0n) is 70.5. The van der Waals surface area contributed by atoms with E-state index in [1.807, 2.05) is 0 Å². The minimum atomic E-state index is -2.09. The molecule has 5 aromatic rings. The number of primary amides is 1. The van der Waals surface area contributed by atoms with E-state index in [0.717, 1.165) is 11.8 Å². The quantitative estimate of drug-likeness (QED) is 0.0117. The molecule has 6 rings (SSSR count). The van der Waals surface area contributed by atoms with Crippen molar-refractivity contribution in [2.75, 3.05) is 44.3 Å². The van der Waals surface area contributed by atoms with Crippen LogP contribution in [0.4, 0.5) is 0 Å². The van der Waals surface area contributed by atoms with Crippen LogP contribution in [0.1, 0.15) is 128 Å². The first kappa shape index (κ1) is 101. The molecule has 43 heteroatoms. The summed E-state index contributed by atoms with van der Waals surface area (Å²) in [5, 5.41) is 78.3. The summed E-state index contributed by atoms with van der Waals surface area (Å²) >= 11 is 0.756. The van der Waals surface area contributed by atoms with Crippen molar-refractivity contribution in [1.82, 2.24) is 94.7 Å². The number of aromatic hydroxyl groups is 1. The van der Waals surface area contributed by atoms with Crippen LogP contribution in [0.2, 0.25) is 0 Å². The Morgan fingerprint density at radius 2 is 0.952 bits per heavy atom. The second-order valence-corrected chi connectivity index (χ2v) is 32.2. The molecule has 0 bridgehead atoms. The largest absolute Gasteiger partial charge is 0.508 e. The van der Waals surface area contributed by atoms with Crippen molar-refractivity contribution in [3.05, 3.63) is 120 Å². The third-order valence-corrected chi connectivity index (χ3v) is 20.9. The van der Waals surface area contributed by atoms with Crippen LogP contribution >= 0.6 is 11.8 Å². The Balaban J connectivity index is 1.45. The third-order valence-electron chi connectivity index (χ3n) is 19.9. The number of guanidine groups is 1. The molecule has 682 valence electrons. The number of amides is 15. The number of aliphatic hydroxyl groups excluding tert-OH is 1. The second kappa shape index (κ2) is 52.0. The zero-order valence-corrected chi connectivity index (χ0v) is 71.3. The van der Waals surface area contributed by atoms with E-state index in [4.69, 9.17) is 28.3 Å². The van der Waals surface area contributed by atoms with E-state index >= 15 is 4.79 Å². The van der Waals surface area contributed by atoms with Gasteiger partial charge in [0.25, 0.3) is 0 Å². The molecule has 3 heterocycles. The van der Waals surface area contributed by atoms with Gasteiger partial charge >= 0.3 is 5.97 Å². The number of H-pyrrole nitrogens is 2. The van der Waals surface area contributed by atoms with Crippen molar-refractivity contribution in [3.63, 3.8) is 0 Å². The van der Waals surface area contributed by atoms with E-state index in [1.54, 1.807) is 88.5 Å². The second-order valence-electron chi connectivity index (χ2n) is 31.2. The van der Waals surface area contributed by atoms with Crippen LogP contribution in [-0.2, 0) is 102 Å². The molecule has 0 aliphatic carbocycles. The number of unbranched alkanes of at least 4 members (excludes halogenated alkanes) is 2. The number of nitrogens with two attached hydrogens (primary N) is 4. The van der Waals surface area contributed by atoms with Crippen molar-refractivity contribution in [3.8, 4) is 5.75 Å². The number of aromatic nitrogens is 3. The Morgan fingerprint density at radius 1 is 0.504 bits per heavy atom. The van der Waals surface area contributed by atoms with Crippen molar-refractivity contribution in [1.29, 1.82) is 5.41 Å². The molecule has 0 saturated carbocycles. The van der Waals surface area contributed by atoms with E-state index in [-0.39, 0.29) is 114 Å². The van der Waals surface area contributed by atoms with E-state index < -0.39 is 217 Å². The highest BCUT2D eigenvalue weighted by atomic mass is 32.2. The van der Waals surface area contributed by atoms with Gasteiger partial charge < -0.3 is 128 Å². The van der Waals surface area contributed by atoms with Gasteiger partial charge in [0.15, 0.2) is 5.96 Å². The highest BCUT2D eigenvalue weighted by molar-refractivity contribution is 8.00. The predicted octanol–water partition coefficient (Wildman–Crippen LogP) is -4.38. The minimum absolute atomic E-state index is 0.0170. The molecule has 15 amide bonds. The average Bonchev–Trinajstić information content (AvgIpc) is 1.70. The molecule has 125 heavy (non-hydrogen) atoms. The number of thioether (sulfide) groups is 1. The van der Waals surface area contributed by atoms with Gasteiger partial charge in [-0.05, 0) is 131 Å². The van der Waals surface area contributed by atoms with Gasteiger partial charge in [-0.3, -0.25) is 82.1 Å². The van der Waals surface area contributed by atoms with E-state index in [0.29, 0.717) is 40.4 Å². The lowest BCUT2D eigenvalue weighted by Gasteiger charge is -2.28. The van der Waals surface area contributed by atoms with Crippen molar-refractivity contribution in [2.45, 2.75) is 209 Å². The number of carboxylic acid groups (broad SMARTS) is 1. The molecule has 13 atom stereocenters. The summed E-state index contributed by atoms with van der Waals surface area (Å²) in [5.41, 5.74) is 24.8. The monoisotopic (exact) mass is 1760 g/mol. The molecule has 1 fully saturated rings. The average molecular weight is 1760 g/mol. The van der Waals surface area contributed by atoms with E-state index in [9.17, 15) is 87.2 Å². The van der Waals surface area contributed by atoms with Crippen LogP contribution < -0.4 is 103 Å². The SMILES string of the molecule is CC(C)C[C@@H]1NC(=O)[C@H](Cc2c[nH]c3ccccc23)NC(=O)[C@H](CO)NC(=O)[C@H](CC(=O)O)NC(=O)[C@H](Cc2ccccc2)NC(=O)[C@H](Cc2c[nH]cn2)NC(=O)[C@H](Cc2ccc(O)cc2)NC(=O)CSC[C@@H](C(=O)NCC(N)=O)NC(=O)[C@H](CCCCN)NC(=O)[C@H](CC(C)C)NC(=O)[C@H](CCCNC(=N)N)NC(=O)[C@H](CCCCN)NC(=O)[C@H](C)NC1=O. The van der Waals surface area contributed by atoms with Gasteiger partial charge in [0, 0.05) is 61.3 Å². The molecule has 29 N–H and O–H groups in total. The summed E-state index contributed by atoms with van der Waals surface area (Å²) in [6.45, 7) is 6.64. The molecule has 1 aliphatic rings. The van der Waals surface area contributed by atoms with Crippen LogP contribution in [-0.4, -0.2) is 254 Å². The first-order chi connectivity index (χ1) is 59.5. The van der Waals surface area contributed by atoms with Crippen LogP contribution in [0.5, 0.6) is 5.75 Å². The number of hydrogen-bond donors (Lipinski definition) is 25. The number of para-hydroxylation sites is 1. The smallest absolute Gasteiger partial charge is 0.305 e. The van der Waals surface area contributed by atoms with Crippen molar-refractivity contribution in [2.24, 2.45) is 34.8 Å². The Morgan fingerprint density at radius 3 is 1.48 bits per heavy atom. The van der Waals surface area contributed by atoms with Crippen LogP contribution in [0.3, 0.4) is 0 Å². The Bertz CT molecular complexity index is 4480. The number of hydrogen-bond acceptors (Lipinski definition) is 23. The molecule has 1 saturated heterocycles. The number of carbonyl (C=O) groups excluding carboxylic acids is 15. The molecule has 0 spiro atoms. The van der Waals surface area contributed by atoms with Crippen molar-refractivity contribution < 1.29 is 92.0 Å². The van der Waals surface area contributed by atoms with Crippen molar-refractivity contribution >= 4 is 123 Å². The number of imidazole rings is 1. The molecule has 3 aromatic carbocycles. The summed E-state index contributed by atoms with van der Waals surface area (Å²) < 4.78 is 0. The highest BCUT2D eigenvalue weighted by Crippen LogP contribution is 2.22. The number of rotatable bonds is 30. The summed E-state index contributed by atoms with van der Waals surface area (Å²) in [6.07, 6.45) is 2.38. The number of phenolic OH excluding ortho intramolecular Hbond substituents is 1.